The van der Waals surface area contributed by atoms with E-state index in [1.165, 1.54) is 30.5 Å². The number of piperidine rings is 1. The summed E-state index contributed by atoms with van der Waals surface area (Å²) in [5.74, 6) is 0.745. The van der Waals surface area contributed by atoms with Crippen molar-refractivity contribution in [1.82, 2.24) is 25.3 Å². The zero-order chi connectivity index (χ0) is 22.0. The fourth-order valence-corrected chi connectivity index (χ4v) is 6.85. The van der Waals surface area contributed by atoms with E-state index >= 15 is 0 Å². The maximum atomic E-state index is 13.8. The average molecular weight is 444 g/mol. The molecule has 2 saturated heterocycles. The summed E-state index contributed by atoms with van der Waals surface area (Å²) in [5, 5.41) is 11.2. The number of aryl methyl sites for hydroxylation is 1. The summed E-state index contributed by atoms with van der Waals surface area (Å²) >= 11 is 0. The van der Waals surface area contributed by atoms with Crippen LogP contribution in [0.25, 0.3) is 0 Å². The second kappa shape index (κ2) is 9.82. The summed E-state index contributed by atoms with van der Waals surface area (Å²) in [6.45, 7) is 9.65. The van der Waals surface area contributed by atoms with Crippen LogP contribution < -0.4 is 5.32 Å². The lowest BCUT2D eigenvalue weighted by molar-refractivity contribution is -0.145. The number of likely N-dealkylation sites (tertiary alicyclic amines) is 1. The Morgan fingerprint density at radius 3 is 2.88 bits per heavy atom. The van der Waals surface area contributed by atoms with E-state index in [-0.39, 0.29) is 11.3 Å². The highest BCUT2D eigenvalue weighted by Crippen LogP contribution is 2.48. The van der Waals surface area contributed by atoms with Crippen LogP contribution in [0.2, 0.25) is 0 Å². The highest BCUT2D eigenvalue weighted by Gasteiger charge is 2.52. The van der Waals surface area contributed by atoms with E-state index in [1.807, 2.05) is 0 Å². The molecule has 32 heavy (non-hydrogen) atoms. The van der Waals surface area contributed by atoms with E-state index in [2.05, 4.69) is 32.2 Å². The molecule has 3 atom stereocenters. The molecule has 1 aromatic heterocycles. The van der Waals surface area contributed by atoms with Gasteiger partial charge in [0.15, 0.2) is 0 Å². The summed E-state index contributed by atoms with van der Waals surface area (Å²) in [6.07, 6.45) is 10.4. The van der Waals surface area contributed by atoms with Crippen LogP contribution in [0.4, 0.5) is 0 Å². The molecule has 178 valence electrons. The SMILES string of the molecule is CCN1CC[C@@H]2C[C@@H](N3CCOCC3)CC[C@@]2(C(=O)NCc2n[nH]c3c2CCCCC3)C1. The number of nitrogens with one attached hydrogen (secondary N) is 2. The molecule has 0 spiro atoms. The van der Waals surface area contributed by atoms with Crippen molar-refractivity contribution < 1.29 is 9.53 Å². The Morgan fingerprint density at radius 2 is 2.03 bits per heavy atom. The molecule has 0 radical (unpaired) electrons. The van der Waals surface area contributed by atoms with E-state index in [9.17, 15) is 4.79 Å². The van der Waals surface area contributed by atoms with Gasteiger partial charge in [0.25, 0.3) is 0 Å². The lowest BCUT2D eigenvalue weighted by Crippen LogP contribution is -2.60. The summed E-state index contributed by atoms with van der Waals surface area (Å²) in [7, 11) is 0. The van der Waals surface area contributed by atoms with E-state index in [0.717, 1.165) is 90.2 Å². The minimum absolute atomic E-state index is 0.246. The first-order valence-electron chi connectivity index (χ1n) is 13.1. The molecule has 0 bridgehead atoms. The molecule has 1 amide bonds. The standard InChI is InChI=1S/C25H41N5O2/c1-2-29-11-9-19-16-20(30-12-14-32-15-13-30)8-10-25(19,18-29)24(31)26-17-23-21-6-4-3-5-7-22(21)27-28-23/h19-20H,2-18H2,1H3,(H,26,31)(H,27,28)/t19-,20+,25-/m1/s1. The molecule has 2 aliphatic heterocycles. The van der Waals surface area contributed by atoms with Crippen molar-refractivity contribution in [3.63, 3.8) is 0 Å². The number of hydrogen-bond acceptors (Lipinski definition) is 5. The Kier molecular flexibility index (Phi) is 6.86. The lowest BCUT2D eigenvalue weighted by Gasteiger charge is -2.53. The molecule has 3 heterocycles. The van der Waals surface area contributed by atoms with E-state index in [1.54, 1.807) is 0 Å². The van der Waals surface area contributed by atoms with Crippen LogP contribution >= 0.6 is 0 Å². The first-order chi connectivity index (χ1) is 15.7. The molecular weight excluding hydrogens is 402 g/mol. The quantitative estimate of drug-likeness (QED) is 0.684. The zero-order valence-corrected chi connectivity index (χ0v) is 19.8. The van der Waals surface area contributed by atoms with Gasteiger partial charge in [0, 0.05) is 31.4 Å². The van der Waals surface area contributed by atoms with Gasteiger partial charge in [0.05, 0.1) is 30.9 Å². The number of rotatable bonds is 5. The number of morpholine rings is 1. The molecule has 4 aliphatic rings. The Hall–Kier alpha value is -1.44. The number of H-pyrrole nitrogens is 1. The van der Waals surface area contributed by atoms with E-state index in [4.69, 9.17) is 4.74 Å². The summed E-state index contributed by atoms with van der Waals surface area (Å²) in [5.41, 5.74) is 3.48. The number of carbonyl (C=O) groups is 1. The molecule has 7 nitrogen and oxygen atoms in total. The third-order valence-electron chi connectivity index (χ3n) is 8.83. The topological polar surface area (TPSA) is 73.5 Å². The van der Waals surface area contributed by atoms with Crippen molar-refractivity contribution in [2.75, 3.05) is 45.9 Å². The maximum Gasteiger partial charge on any atom is 0.228 e. The van der Waals surface area contributed by atoms with Crippen molar-refractivity contribution in [2.24, 2.45) is 11.3 Å². The van der Waals surface area contributed by atoms with Gasteiger partial charge in [0.1, 0.15) is 0 Å². The number of hydrogen-bond donors (Lipinski definition) is 2. The predicted molar refractivity (Wildman–Crippen MR) is 124 cm³/mol. The molecule has 7 heteroatoms. The fraction of sp³-hybridized carbons (Fsp3) is 0.840. The molecule has 3 fully saturated rings. The highest BCUT2D eigenvalue weighted by molar-refractivity contribution is 5.83. The van der Waals surface area contributed by atoms with Crippen molar-refractivity contribution in [3.8, 4) is 0 Å². The first-order valence-corrected chi connectivity index (χ1v) is 13.1. The van der Waals surface area contributed by atoms with Gasteiger partial charge < -0.3 is 15.0 Å². The third-order valence-corrected chi connectivity index (χ3v) is 8.83. The van der Waals surface area contributed by atoms with Crippen LogP contribution in [-0.4, -0.2) is 77.9 Å². The number of aromatic nitrogens is 2. The molecule has 1 aromatic rings. The minimum atomic E-state index is -0.246. The smallest absolute Gasteiger partial charge is 0.228 e. The molecule has 2 N–H and O–H groups in total. The Balaban J connectivity index is 1.29. The zero-order valence-electron chi connectivity index (χ0n) is 19.8. The van der Waals surface area contributed by atoms with Crippen LogP contribution in [-0.2, 0) is 28.9 Å². The lowest BCUT2D eigenvalue weighted by atomic mass is 9.61. The second-order valence-electron chi connectivity index (χ2n) is 10.5. The Morgan fingerprint density at radius 1 is 1.19 bits per heavy atom. The van der Waals surface area contributed by atoms with Crippen molar-refractivity contribution >= 4 is 5.91 Å². The molecule has 0 unspecified atom stereocenters. The molecule has 0 aromatic carbocycles. The number of aromatic amines is 1. The van der Waals surface area contributed by atoms with Gasteiger partial charge in [0.2, 0.25) is 5.91 Å². The van der Waals surface area contributed by atoms with Crippen LogP contribution in [0.5, 0.6) is 0 Å². The third kappa shape index (κ3) is 4.36. The van der Waals surface area contributed by atoms with Gasteiger partial charge >= 0.3 is 0 Å². The van der Waals surface area contributed by atoms with Crippen molar-refractivity contribution in [1.29, 1.82) is 0 Å². The summed E-state index contributed by atoms with van der Waals surface area (Å²) in [6, 6.07) is 0.611. The normalized spacial score (nSPS) is 32.0. The largest absolute Gasteiger partial charge is 0.379 e. The molecule has 1 saturated carbocycles. The number of carbonyl (C=O) groups excluding carboxylic acids is 1. The van der Waals surface area contributed by atoms with Crippen LogP contribution in [0.3, 0.4) is 0 Å². The minimum Gasteiger partial charge on any atom is -0.379 e. The van der Waals surface area contributed by atoms with Gasteiger partial charge in [-0.05, 0) is 75.9 Å². The summed E-state index contributed by atoms with van der Waals surface area (Å²) < 4.78 is 5.58. The van der Waals surface area contributed by atoms with Gasteiger partial charge in [-0.15, -0.1) is 0 Å². The Labute approximate surface area is 192 Å². The molecule has 2 aliphatic carbocycles. The fourth-order valence-electron chi connectivity index (χ4n) is 6.85. The average Bonchev–Trinajstić information content (AvgIpc) is 3.07. The van der Waals surface area contributed by atoms with Gasteiger partial charge in [-0.25, -0.2) is 0 Å². The maximum absolute atomic E-state index is 13.8. The van der Waals surface area contributed by atoms with Crippen molar-refractivity contribution in [2.45, 2.75) is 77.3 Å². The Bertz CT molecular complexity index is 789. The van der Waals surface area contributed by atoms with Gasteiger partial charge in [-0.2, -0.15) is 5.10 Å². The van der Waals surface area contributed by atoms with Gasteiger partial charge in [-0.3, -0.25) is 14.8 Å². The first kappa shape index (κ1) is 22.4. The van der Waals surface area contributed by atoms with Crippen LogP contribution in [0.15, 0.2) is 0 Å². The van der Waals surface area contributed by atoms with Crippen LogP contribution in [0, 0.1) is 11.3 Å². The van der Waals surface area contributed by atoms with E-state index < -0.39 is 0 Å². The molecular formula is C25H41N5O2. The number of fused-ring (bicyclic) bond motifs is 2. The second-order valence-corrected chi connectivity index (χ2v) is 10.5. The van der Waals surface area contributed by atoms with Crippen LogP contribution in [0.1, 0.15) is 68.8 Å². The highest BCUT2D eigenvalue weighted by atomic mass is 16.5. The summed E-state index contributed by atoms with van der Waals surface area (Å²) in [4.78, 5) is 18.9. The van der Waals surface area contributed by atoms with Gasteiger partial charge in [-0.1, -0.05) is 13.3 Å². The number of nitrogens with zero attached hydrogens (tertiary/aromatic N) is 3. The predicted octanol–water partition coefficient (Wildman–Crippen LogP) is 2.51. The van der Waals surface area contributed by atoms with E-state index in [0.29, 0.717) is 18.5 Å². The monoisotopic (exact) mass is 443 g/mol. The number of ether oxygens (including phenoxy) is 1. The molecule has 5 rings (SSSR count). The van der Waals surface area contributed by atoms with Crippen molar-refractivity contribution in [3.05, 3.63) is 17.0 Å². The number of amides is 1.